The van der Waals surface area contributed by atoms with Crippen molar-refractivity contribution in [2.75, 3.05) is 0 Å². The predicted octanol–water partition coefficient (Wildman–Crippen LogP) is 10.4. The molecule has 0 heterocycles. The largest absolute Gasteiger partial charge is 0.0654 e. The van der Waals surface area contributed by atoms with E-state index in [0.29, 0.717) is 0 Å². The molecule has 3 rings (SSSR count). The molecular weight excluding hydrogens is 384 g/mol. The molecule has 0 N–H and O–H groups in total. The van der Waals surface area contributed by atoms with Crippen LogP contribution in [0.2, 0.25) is 0 Å². The average Bonchev–Trinajstić information content (AvgIpc) is 2.85. The highest BCUT2D eigenvalue weighted by atomic mass is 14.4. The first kappa shape index (κ1) is 25.8. The van der Waals surface area contributed by atoms with Gasteiger partial charge >= 0.3 is 0 Å². The second kappa shape index (κ2) is 13.8. The summed E-state index contributed by atoms with van der Waals surface area (Å²) >= 11 is 0. The minimum absolute atomic E-state index is 0.762. The summed E-state index contributed by atoms with van der Waals surface area (Å²) < 4.78 is 0. The Hall–Kier alpha value is -0.780. The van der Waals surface area contributed by atoms with Crippen LogP contribution in [0.1, 0.15) is 135 Å². The van der Waals surface area contributed by atoms with E-state index in [9.17, 15) is 0 Å². The third kappa shape index (κ3) is 7.36. The lowest BCUT2D eigenvalue weighted by molar-refractivity contribution is 0.104. The van der Waals surface area contributed by atoms with Gasteiger partial charge in [-0.2, -0.15) is 0 Å². The molecule has 2 saturated carbocycles. The first-order valence-electron chi connectivity index (χ1n) is 14.7. The minimum Gasteiger partial charge on any atom is -0.0654 e. The van der Waals surface area contributed by atoms with Crippen molar-refractivity contribution in [2.24, 2.45) is 35.5 Å². The van der Waals surface area contributed by atoms with Crippen LogP contribution >= 0.6 is 0 Å². The maximum absolute atomic E-state index is 2.63. The van der Waals surface area contributed by atoms with Gasteiger partial charge in [-0.1, -0.05) is 109 Å². The van der Waals surface area contributed by atoms with Crippen molar-refractivity contribution in [1.82, 2.24) is 0 Å². The van der Waals surface area contributed by atoms with Gasteiger partial charge in [0, 0.05) is 0 Å². The molecule has 0 bridgehead atoms. The fraction of sp³-hybridized carbons (Fsp3) is 0.812. The van der Waals surface area contributed by atoms with Crippen LogP contribution in [-0.2, 0) is 0 Å². The summed E-state index contributed by atoms with van der Waals surface area (Å²) in [7, 11) is 0. The van der Waals surface area contributed by atoms with Crippen LogP contribution in [0.5, 0.6) is 0 Å². The molecule has 0 aromatic heterocycles. The quantitative estimate of drug-likeness (QED) is 0.285. The van der Waals surface area contributed by atoms with Crippen molar-refractivity contribution >= 4 is 0 Å². The molecule has 0 aliphatic heterocycles. The highest BCUT2D eigenvalue weighted by Crippen LogP contribution is 2.46. The predicted molar refractivity (Wildman–Crippen MR) is 142 cm³/mol. The molecular formula is C32H54. The summed E-state index contributed by atoms with van der Waals surface area (Å²) in [5, 5.41) is 0. The number of unbranched alkanes of at least 4 members (excludes halogenated alkanes) is 3. The number of hydrogen-bond donors (Lipinski definition) is 0. The van der Waals surface area contributed by atoms with Gasteiger partial charge in [-0.3, -0.25) is 0 Å². The van der Waals surface area contributed by atoms with Crippen LogP contribution in [0.4, 0.5) is 0 Å². The van der Waals surface area contributed by atoms with Crippen LogP contribution in [0.3, 0.4) is 0 Å². The molecule has 0 heteroatoms. The van der Waals surface area contributed by atoms with E-state index in [-0.39, 0.29) is 0 Å². The van der Waals surface area contributed by atoms with Crippen molar-refractivity contribution < 1.29 is 0 Å². The summed E-state index contributed by atoms with van der Waals surface area (Å²) in [4.78, 5) is 0. The van der Waals surface area contributed by atoms with Crippen molar-refractivity contribution in [2.45, 2.75) is 130 Å². The Balaban J connectivity index is 1.46. The van der Waals surface area contributed by atoms with E-state index in [2.05, 4.69) is 58.0 Å². The zero-order chi connectivity index (χ0) is 22.8. The summed E-state index contributed by atoms with van der Waals surface area (Å²) in [6.07, 6.45) is 22.0. The van der Waals surface area contributed by atoms with E-state index in [1.165, 1.54) is 96.3 Å². The van der Waals surface area contributed by atoms with Gasteiger partial charge in [0.15, 0.2) is 0 Å². The fourth-order valence-corrected chi connectivity index (χ4v) is 7.45. The van der Waals surface area contributed by atoms with E-state index in [1.807, 2.05) is 0 Å². The van der Waals surface area contributed by atoms with Gasteiger partial charge in [0.25, 0.3) is 0 Å². The number of hydrogen-bond acceptors (Lipinski definition) is 0. The van der Waals surface area contributed by atoms with E-state index in [4.69, 9.17) is 0 Å². The highest BCUT2D eigenvalue weighted by Gasteiger charge is 2.35. The van der Waals surface area contributed by atoms with Gasteiger partial charge in [0.2, 0.25) is 0 Å². The number of rotatable bonds is 12. The smallest absolute Gasteiger partial charge is 0.0134 e. The molecule has 0 radical (unpaired) electrons. The molecule has 182 valence electrons. The number of benzene rings is 1. The van der Waals surface area contributed by atoms with Gasteiger partial charge in [-0.25, -0.2) is 0 Å². The Bertz CT molecular complexity index is 588. The van der Waals surface area contributed by atoms with Crippen LogP contribution in [0.15, 0.2) is 30.3 Å². The topological polar surface area (TPSA) is 0 Å². The van der Waals surface area contributed by atoms with Crippen LogP contribution in [0.25, 0.3) is 0 Å². The molecule has 32 heavy (non-hydrogen) atoms. The first-order chi connectivity index (χ1) is 15.6. The Morgan fingerprint density at radius 2 is 1.25 bits per heavy atom. The summed E-state index contributed by atoms with van der Waals surface area (Å²) in [6, 6.07) is 11.5. The Kier molecular flexibility index (Phi) is 11.2. The lowest BCUT2D eigenvalue weighted by Gasteiger charge is -2.41. The Morgan fingerprint density at radius 3 is 1.84 bits per heavy atom. The van der Waals surface area contributed by atoms with Crippen molar-refractivity contribution in [3.63, 3.8) is 0 Å². The van der Waals surface area contributed by atoms with Gasteiger partial charge in [-0.15, -0.1) is 0 Å². The summed E-state index contributed by atoms with van der Waals surface area (Å²) in [5.41, 5.74) is 1.60. The molecule has 1 aromatic rings. The Labute approximate surface area is 201 Å². The highest BCUT2D eigenvalue weighted by molar-refractivity contribution is 5.20. The van der Waals surface area contributed by atoms with E-state index < -0.39 is 0 Å². The molecule has 0 amide bonds. The van der Waals surface area contributed by atoms with E-state index in [0.717, 1.165) is 41.4 Å². The first-order valence-corrected chi connectivity index (χ1v) is 14.7. The van der Waals surface area contributed by atoms with Crippen LogP contribution < -0.4 is 0 Å². The van der Waals surface area contributed by atoms with Gasteiger partial charge in [0.05, 0.1) is 0 Å². The minimum atomic E-state index is 0.762. The van der Waals surface area contributed by atoms with Gasteiger partial charge < -0.3 is 0 Å². The summed E-state index contributed by atoms with van der Waals surface area (Å²) in [5.74, 6) is 6.59. The summed E-state index contributed by atoms with van der Waals surface area (Å²) in [6.45, 7) is 9.89. The normalized spacial score (nSPS) is 29.4. The maximum Gasteiger partial charge on any atom is -0.0134 e. The molecule has 0 saturated heterocycles. The average molecular weight is 439 g/mol. The van der Waals surface area contributed by atoms with Crippen molar-refractivity contribution in [3.05, 3.63) is 35.9 Å². The maximum atomic E-state index is 2.63. The van der Waals surface area contributed by atoms with E-state index >= 15 is 0 Å². The lowest BCUT2D eigenvalue weighted by Crippen LogP contribution is -2.31. The fourth-order valence-electron chi connectivity index (χ4n) is 7.45. The molecule has 2 aliphatic carbocycles. The Morgan fingerprint density at radius 1 is 0.688 bits per heavy atom. The third-order valence-corrected chi connectivity index (χ3v) is 9.89. The molecule has 2 aliphatic rings. The molecule has 0 spiro atoms. The van der Waals surface area contributed by atoms with Crippen LogP contribution in [0, 0.1) is 35.5 Å². The second-order valence-corrected chi connectivity index (χ2v) is 11.8. The van der Waals surface area contributed by atoms with Gasteiger partial charge in [0.1, 0.15) is 0 Å². The third-order valence-electron chi connectivity index (χ3n) is 9.89. The molecule has 0 nitrogen and oxygen atoms in total. The molecule has 2 fully saturated rings. The van der Waals surface area contributed by atoms with Gasteiger partial charge in [-0.05, 0) is 91.9 Å². The molecule has 1 aromatic carbocycles. The lowest BCUT2D eigenvalue weighted by atomic mass is 9.64. The van der Waals surface area contributed by atoms with Crippen molar-refractivity contribution in [3.8, 4) is 0 Å². The standard InChI is InChI=1S/C32H54/c1-5-7-10-13-27-17-19-28(20-18-27)25(3)29-21-23-30(24-22-29)26(4)32(16-8-6-2)31-14-11-9-12-15-31/h9,11-12,14-15,25-30,32H,5-8,10,13,16-24H2,1-4H3. The zero-order valence-corrected chi connectivity index (χ0v) is 22.0. The van der Waals surface area contributed by atoms with Crippen molar-refractivity contribution in [1.29, 1.82) is 0 Å². The monoisotopic (exact) mass is 438 g/mol. The molecule has 3 unspecified atom stereocenters. The van der Waals surface area contributed by atoms with Crippen LogP contribution in [-0.4, -0.2) is 0 Å². The SMILES string of the molecule is CCCCCC1CCC(C(C)C2CCC(C(C)C(CCCC)c3ccccc3)CC2)CC1. The molecule has 3 atom stereocenters. The zero-order valence-electron chi connectivity index (χ0n) is 22.0. The second-order valence-electron chi connectivity index (χ2n) is 11.8. The van der Waals surface area contributed by atoms with E-state index in [1.54, 1.807) is 5.56 Å².